The Balaban J connectivity index is 1.70. The number of carbonyl (C=O) groups is 1. The first-order valence-electron chi connectivity index (χ1n) is 7.32. The van der Waals surface area contributed by atoms with Crippen molar-refractivity contribution in [3.8, 4) is 0 Å². The van der Waals surface area contributed by atoms with Gasteiger partial charge >= 0.3 is 5.97 Å². The first-order chi connectivity index (χ1) is 10.2. The highest BCUT2D eigenvalue weighted by molar-refractivity contribution is 7.10. The van der Waals surface area contributed by atoms with Gasteiger partial charge in [-0.3, -0.25) is 4.79 Å². The monoisotopic (exact) mass is 301 g/mol. The smallest absolute Gasteiger partial charge is 0.307 e. The van der Waals surface area contributed by atoms with Crippen molar-refractivity contribution < 1.29 is 9.90 Å². The van der Waals surface area contributed by atoms with Gasteiger partial charge in [-0.15, -0.1) is 11.3 Å². The first-order valence-corrected chi connectivity index (χ1v) is 8.20. The summed E-state index contributed by atoms with van der Waals surface area (Å²) in [7, 11) is 0. The molecule has 3 nitrogen and oxygen atoms in total. The molecular weight excluding hydrogens is 282 g/mol. The zero-order chi connectivity index (χ0) is 14.7. The van der Waals surface area contributed by atoms with Crippen LogP contribution >= 0.6 is 11.3 Å². The summed E-state index contributed by atoms with van der Waals surface area (Å²) in [5.41, 5.74) is 3.42. The number of carboxylic acid groups (broad SMARTS) is 1. The molecule has 0 saturated heterocycles. The van der Waals surface area contributed by atoms with Crippen molar-refractivity contribution in [3.63, 3.8) is 0 Å². The summed E-state index contributed by atoms with van der Waals surface area (Å²) in [6.07, 6.45) is 3.67. The molecule has 1 atom stereocenters. The van der Waals surface area contributed by atoms with E-state index in [0.717, 1.165) is 24.1 Å². The van der Waals surface area contributed by atoms with E-state index in [1.165, 1.54) is 23.3 Å². The lowest BCUT2D eigenvalue weighted by Crippen LogP contribution is -2.24. The lowest BCUT2D eigenvalue weighted by Gasteiger charge is -2.24. The van der Waals surface area contributed by atoms with Crippen molar-refractivity contribution in [2.75, 3.05) is 0 Å². The van der Waals surface area contributed by atoms with Gasteiger partial charge < -0.3 is 10.4 Å². The molecule has 0 saturated carbocycles. The minimum absolute atomic E-state index is 0.0895. The summed E-state index contributed by atoms with van der Waals surface area (Å²) in [6, 6.07) is 10.4. The van der Waals surface area contributed by atoms with E-state index < -0.39 is 5.97 Å². The standard InChI is InChI=1S/C17H19NO2S/c19-17(20)10-12-4-1-2-5-13(12)11-18-15-6-3-7-16-14(15)8-9-21-16/h1-2,4-5,8-9,15,18H,3,6-7,10-11H2,(H,19,20). The Morgan fingerprint density at radius 3 is 2.90 bits per heavy atom. The Kier molecular flexibility index (Phi) is 4.36. The highest BCUT2D eigenvalue weighted by atomic mass is 32.1. The summed E-state index contributed by atoms with van der Waals surface area (Å²) in [4.78, 5) is 12.4. The molecule has 2 N–H and O–H groups in total. The molecule has 1 aromatic heterocycles. The van der Waals surface area contributed by atoms with Gasteiger partial charge in [0, 0.05) is 17.5 Å². The number of hydrogen-bond acceptors (Lipinski definition) is 3. The fourth-order valence-electron chi connectivity index (χ4n) is 3.00. The molecule has 0 aliphatic heterocycles. The van der Waals surface area contributed by atoms with Crippen LogP contribution in [0.2, 0.25) is 0 Å². The van der Waals surface area contributed by atoms with Gasteiger partial charge in [0.15, 0.2) is 0 Å². The molecule has 0 fully saturated rings. The molecule has 0 radical (unpaired) electrons. The van der Waals surface area contributed by atoms with Crippen LogP contribution in [0, 0.1) is 0 Å². The number of nitrogens with one attached hydrogen (secondary N) is 1. The summed E-state index contributed by atoms with van der Waals surface area (Å²) in [5.74, 6) is -0.778. The lowest BCUT2D eigenvalue weighted by atomic mass is 9.93. The second kappa shape index (κ2) is 6.41. The molecule has 1 aromatic carbocycles. The highest BCUT2D eigenvalue weighted by Gasteiger charge is 2.20. The normalized spacial score (nSPS) is 17.4. The lowest BCUT2D eigenvalue weighted by molar-refractivity contribution is -0.136. The van der Waals surface area contributed by atoms with Crippen LogP contribution in [0.5, 0.6) is 0 Å². The van der Waals surface area contributed by atoms with Crippen LogP contribution < -0.4 is 5.32 Å². The number of thiophene rings is 1. The first kappa shape index (κ1) is 14.3. The number of aryl methyl sites for hydroxylation is 1. The Morgan fingerprint density at radius 2 is 2.10 bits per heavy atom. The van der Waals surface area contributed by atoms with E-state index >= 15 is 0 Å². The number of rotatable bonds is 5. The molecule has 1 heterocycles. The van der Waals surface area contributed by atoms with Gasteiger partial charge in [0.05, 0.1) is 6.42 Å². The molecule has 21 heavy (non-hydrogen) atoms. The van der Waals surface area contributed by atoms with Gasteiger partial charge in [0.25, 0.3) is 0 Å². The SMILES string of the molecule is O=C(O)Cc1ccccc1CNC1CCCc2sccc21. The van der Waals surface area contributed by atoms with Crippen molar-refractivity contribution in [1.82, 2.24) is 5.32 Å². The number of aliphatic carboxylic acids is 1. The topological polar surface area (TPSA) is 49.3 Å². The van der Waals surface area contributed by atoms with Gasteiger partial charge in [-0.25, -0.2) is 0 Å². The maximum Gasteiger partial charge on any atom is 0.307 e. The van der Waals surface area contributed by atoms with E-state index in [0.29, 0.717) is 6.04 Å². The predicted molar refractivity (Wildman–Crippen MR) is 84.6 cm³/mol. The third-order valence-corrected chi connectivity index (χ3v) is 5.05. The minimum Gasteiger partial charge on any atom is -0.481 e. The largest absolute Gasteiger partial charge is 0.481 e. The molecule has 2 aromatic rings. The Bertz CT molecular complexity index is 635. The molecule has 1 aliphatic carbocycles. The van der Waals surface area contributed by atoms with E-state index in [1.807, 2.05) is 35.6 Å². The molecule has 110 valence electrons. The Morgan fingerprint density at radius 1 is 1.29 bits per heavy atom. The number of carboxylic acids is 1. The summed E-state index contributed by atoms with van der Waals surface area (Å²) in [5, 5.41) is 14.8. The van der Waals surface area contributed by atoms with Gasteiger partial charge in [0.1, 0.15) is 0 Å². The van der Waals surface area contributed by atoms with Crippen molar-refractivity contribution in [2.45, 2.75) is 38.3 Å². The predicted octanol–water partition coefficient (Wildman–Crippen LogP) is 3.54. The summed E-state index contributed by atoms with van der Waals surface area (Å²) >= 11 is 1.84. The molecule has 4 heteroatoms. The van der Waals surface area contributed by atoms with Crippen LogP contribution in [-0.4, -0.2) is 11.1 Å². The van der Waals surface area contributed by atoms with Crippen molar-refractivity contribution in [2.24, 2.45) is 0 Å². The zero-order valence-corrected chi connectivity index (χ0v) is 12.7. The number of fused-ring (bicyclic) bond motifs is 1. The third-order valence-electron chi connectivity index (χ3n) is 4.05. The Labute approximate surface area is 128 Å². The fourth-order valence-corrected chi connectivity index (χ4v) is 3.98. The van der Waals surface area contributed by atoms with E-state index in [-0.39, 0.29) is 6.42 Å². The van der Waals surface area contributed by atoms with Crippen molar-refractivity contribution in [1.29, 1.82) is 0 Å². The molecule has 0 bridgehead atoms. The highest BCUT2D eigenvalue weighted by Crippen LogP contribution is 2.33. The Hall–Kier alpha value is -1.65. The molecular formula is C17H19NO2S. The summed E-state index contributed by atoms with van der Waals surface area (Å²) in [6.45, 7) is 0.726. The second-order valence-corrected chi connectivity index (χ2v) is 6.46. The molecule has 1 unspecified atom stereocenters. The molecule has 3 rings (SSSR count). The van der Waals surface area contributed by atoms with E-state index in [9.17, 15) is 4.79 Å². The fraction of sp³-hybridized carbons (Fsp3) is 0.353. The van der Waals surface area contributed by atoms with Crippen LogP contribution in [0.1, 0.15) is 40.5 Å². The number of hydrogen-bond donors (Lipinski definition) is 2. The third kappa shape index (κ3) is 3.34. The van der Waals surface area contributed by atoms with Crippen LogP contribution in [0.3, 0.4) is 0 Å². The quantitative estimate of drug-likeness (QED) is 0.888. The van der Waals surface area contributed by atoms with Crippen LogP contribution in [-0.2, 0) is 24.2 Å². The van der Waals surface area contributed by atoms with E-state index in [1.54, 1.807) is 0 Å². The van der Waals surface area contributed by atoms with Crippen LogP contribution in [0.4, 0.5) is 0 Å². The molecule has 1 aliphatic rings. The maximum atomic E-state index is 10.9. The minimum atomic E-state index is -0.778. The van der Waals surface area contributed by atoms with Crippen LogP contribution in [0.15, 0.2) is 35.7 Å². The second-order valence-electron chi connectivity index (χ2n) is 5.46. The van der Waals surface area contributed by atoms with E-state index in [2.05, 4.69) is 16.8 Å². The van der Waals surface area contributed by atoms with E-state index in [4.69, 9.17) is 5.11 Å². The van der Waals surface area contributed by atoms with Crippen LogP contribution in [0.25, 0.3) is 0 Å². The van der Waals surface area contributed by atoms with Gasteiger partial charge in [-0.2, -0.15) is 0 Å². The van der Waals surface area contributed by atoms with Crippen molar-refractivity contribution in [3.05, 3.63) is 57.3 Å². The molecule has 0 amide bonds. The maximum absolute atomic E-state index is 10.9. The van der Waals surface area contributed by atoms with Gasteiger partial charge in [0.2, 0.25) is 0 Å². The van der Waals surface area contributed by atoms with Crippen molar-refractivity contribution >= 4 is 17.3 Å². The summed E-state index contributed by atoms with van der Waals surface area (Å²) < 4.78 is 0. The van der Waals surface area contributed by atoms with Gasteiger partial charge in [-0.1, -0.05) is 24.3 Å². The molecule has 0 spiro atoms. The average molecular weight is 301 g/mol. The number of benzene rings is 1. The van der Waals surface area contributed by atoms with Gasteiger partial charge in [-0.05, 0) is 47.4 Å². The zero-order valence-electron chi connectivity index (χ0n) is 11.8. The average Bonchev–Trinajstić information content (AvgIpc) is 2.95.